The molecule has 0 bridgehead atoms. The van der Waals surface area contributed by atoms with Crippen LogP contribution in [-0.4, -0.2) is 31.1 Å². The Morgan fingerprint density at radius 3 is 2.62 bits per heavy atom. The van der Waals surface area contributed by atoms with E-state index >= 15 is 0 Å². The Morgan fingerprint density at radius 2 is 2.00 bits per heavy atom. The van der Waals surface area contributed by atoms with Crippen molar-refractivity contribution in [1.82, 2.24) is 4.31 Å². The lowest BCUT2D eigenvalue weighted by Crippen LogP contribution is -2.48. The number of thiophene rings is 1. The topological polar surface area (TPSA) is 54.5 Å². The van der Waals surface area contributed by atoms with Crippen LogP contribution in [0, 0.1) is 12.8 Å². The van der Waals surface area contributed by atoms with E-state index in [0.29, 0.717) is 17.2 Å². The van der Waals surface area contributed by atoms with Crippen molar-refractivity contribution in [2.75, 3.05) is 6.54 Å². The zero-order valence-corrected chi connectivity index (χ0v) is 13.9. The Morgan fingerprint density at radius 1 is 1.19 bits per heavy atom. The number of sulfonamides is 1. The Bertz CT molecular complexity index is 635. The molecule has 0 N–H and O–H groups in total. The fraction of sp³-hybridized carbons (Fsp3) is 0.667. The Balaban J connectivity index is 1.92. The van der Waals surface area contributed by atoms with Gasteiger partial charge in [-0.2, -0.15) is 4.31 Å². The van der Waals surface area contributed by atoms with Gasteiger partial charge in [0.1, 0.15) is 9.99 Å². The average molecular weight is 327 g/mol. The van der Waals surface area contributed by atoms with Crippen molar-refractivity contribution in [3.63, 3.8) is 0 Å². The molecule has 1 saturated heterocycles. The number of carbonyl (C=O) groups excluding carboxylic acids is 1. The van der Waals surface area contributed by atoms with E-state index in [4.69, 9.17) is 0 Å². The molecule has 2 unspecified atom stereocenters. The van der Waals surface area contributed by atoms with Crippen LogP contribution in [0.4, 0.5) is 0 Å². The van der Waals surface area contributed by atoms with Gasteiger partial charge in [-0.05, 0) is 44.7 Å². The van der Waals surface area contributed by atoms with Crippen molar-refractivity contribution in [1.29, 1.82) is 0 Å². The lowest BCUT2D eigenvalue weighted by Gasteiger charge is -2.37. The summed E-state index contributed by atoms with van der Waals surface area (Å²) in [6.07, 6.45) is 5.10. The highest BCUT2D eigenvalue weighted by atomic mass is 32.2. The maximum absolute atomic E-state index is 12.9. The second kappa shape index (κ2) is 5.82. The Kier molecular flexibility index (Phi) is 4.21. The van der Waals surface area contributed by atoms with Gasteiger partial charge in [0.15, 0.2) is 0 Å². The molecular formula is C15H21NO3S2. The first-order chi connectivity index (χ1) is 10.00. The minimum Gasteiger partial charge on any atom is -0.299 e. The zero-order valence-electron chi connectivity index (χ0n) is 12.2. The molecule has 116 valence electrons. The number of ketones is 1. The van der Waals surface area contributed by atoms with Gasteiger partial charge in [-0.1, -0.05) is 6.42 Å². The van der Waals surface area contributed by atoms with Gasteiger partial charge >= 0.3 is 0 Å². The van der Waals surface area contributed by atoms with E-state index in [1.807, 2.05) is 13.0 Å². The van der Waals surface area contributed by atoms with E-state index in [1.165, 1.54) is 11.3 Å². The zero-order chi connectivity index (χ0) is 15.0. The van der Waals surface area contributed by atoms with E-state index in [9.17, 15) is 13.2 Å². The fourth-order valence-corrected chi connectivity index (χ4v) is 6.69. The first kappa shape index (κ1) is 15.2. The lowest BCUT2D eigenvalue weighted by molar-refractivity contribution is -0.122. The summed E-state index contributed by atoms with van der Waals surface area (Å²) in [5.74, 6) is 0.172. The molecule has 6 heteroatoms. The molecular weight excluding hydrogens is 306 g/mol. The average Bonchev–Trinajstić information content (AvgIpc) is 3.08. The molecule has 21 heavy (non-hydrogen) atoms. The van der Waals surface area contributed by atoms with Crippen LogP contribution in [0.5, 0.6) is 0 Å². The van der Waals surface area contributed by atoms with E-state index in [1.54, 1.807) is 10.4 Å². The van der Waals surface area contributed by atoms with Crippen LogP contribution in [0.1, 0.15) is 43.4 Å². The van der Waals surface area contributed by atoms with Gasteiger partial charge in [0, 0.05) is 29.8 Å². The summed E-state index contributed by atoms with van der Waals surface area (Å²) < 4.78 is 27.8. The summed E-state index contributed by atoms with van der Waals surface area (Å²) in [5, 5.41) is 0. The number of nitrogens with zero attached hydrogens (tertiary/aromatic N) is 1. The number of hydrogen-bond acceptors (Lipinski definition) is 4. The predicted octanol–water partition coefficient (Wildman–Crippen LogP) is 2.97. The van der Waals surface area contributed by atoms with E-state index < -0.39 is 10.0 Å². The third-order valence-corrected chi connectivity index (χ3v) is 7.99. The van der Waals surface area contributed by atoms with Crippen LogP contribution in [0.25, 0.3) is 0 Å². The van der Waals surface area contributed by atoms with Gasteiger partial charge in [-0.25, -0.2) is 8.42 Å². The predicted molar refractivity (Wildman–Crippen MR) is 82.9 cm³/mol. The normalized spacial score (nSPS) is 28.1. The summed E-state index contributed by atoms with van der Waals surface area (Å²) in [7, 11) is -3.45. The Labute approximate surface area is 130 Å². The fourth-order valence-electron chi connectivity index (χ4n) is 3.55. The summed E-state index contributed by atoms with van der Waals surface area (Å²) in [5.41, 5.74) is 0. The summed E-state index contributed by atoms with van der Waals surface area (Å²) in [4.78, 5) is 13.1. The number of rotatable bonds is 3. The molecule has 1 aliphatic heterocycles. The molecule has 1 saturated carbocycles. The molecule has 0 radical (unpaired) electrons. The molecule has 0 amide bonds. The maximum atomic E-state index is 12.9. The van der Waals surface area contributed by atoms with Crippen molar-refractivity contribution in [3.8, 4) is 0 Å². The largest absolute Gasteiger partial charge is 0.299 e. The number of hydrogen-bond donors (Lipinski definition) is 0. The van der Waals surface area contributed by atoms with Crippen LogP contribution in [-0.2, 0) is 14.8 Å². The molecule has 1 aliphatic carbocycles. The van der Waals surface area contributed by atoms with Gasteiger partial charge in [0.05, 0.1) is 0 Å². The van der Waals surface area contributed by atoms with Gasteiger partial charge in [0.25, 0.3) is 10.0 Å². The van der Waals surface area contributed by atoms with Crippen molar-refractivity contribution in [2.45, 2.75) is 55.7 Å². The van der Waals surface area contributed by atoms with Crippen molar-refractivity contribution < 1.29 is 13.2 Å². The molecule has 3 rings (SSSR count). The van der Waals surface area contributed by atoms with Crippen molar-refractivity contribution >= 4 is 27.1 Å². The number of piperidine rings is 1. The number of Topliss-reactive ketones (excluding diaryl/α,β-unsaturated/α-hetero) is 1. The molecule has 0 aromatic carbocycles. The molecule has 4 nitrogen and oxygen atoms in total. The highest BCUT2D eigenvalue weighted by Gasteiger charge is 2.42. The summed E-state index contributed by atoms with van der Waals surface area (Å²) in [6.45, 7) is 2.46. The molecule has 2 atom stereocenters. The van der Waals surface area contributed by atoms with Gasteiger partial charge in [-0.3, -0.25) is 4.79 Å². The highest BCUT2D eigenvalue weighted by Crippen LogP contribution is 2.36. The van der Waals surface area contributed by atoms with Crippen LogP contribution in [0.15, 0.2) is 16.3 Å². The first-order valence-corrected chi connectivity index (χ1v) is 9.87. The highest BCUT2D eigenvalue weighted by molar-refractivity contribution is 7.91. The number of carbonyl (C=O) groups is 1. The second-order valence-corrected chi connectivity index (χ2v) is 9.41. The van der Waals surface area contributed by atoms with E-state index in [-0.39, 0.29) is 17.7 Å². The summed E-state index contributed by atoms with van der Waals surface area (Å²) >= 11 is 1.32. The molecule has 1 aromatic rings. The van der Waals surface area contributed by atoms with Gasteiger partial charge < -0.3 is 0 Å². The molecule has 2 aliphatic rings. The quantitative estimate of drug-likeness (QED) is 0.857. The molecule has 1 aromatic heterocycles. The summed E-state index contributed by atoms with van der Waals surface area (Å²) in [6, 6.07) is 3.41. The second-order valence-electron chi connectivity index (χ2n) is 6.01. The van der Waals surface area contributed by atoms with Gasteiger partial charge in [0.2, 0.25) is 0 Å². The van der Waals surface area contributed by atoms with Crippen LogP contribution in [0.3, 0.4) is 0 Å². The SMILES string of the molecule is Cc1ccc(S(=O)(=O)N2CCCCC2C2CCCC2=O)s1. The van der Waals surface area contributed by atoms with Crippen LogP contribution < -0.4 is 0 Å². The van der Waals surface area contributed by atoms with E-state index in [2.05, 4.69) is 0 Å². The van der Waals surface area contributed by atoms with Gasteiger partial charge in [-0.15, -0.1) is 11.3 Å². The minimum absolute atomic E-state index is 0.0823. The third kappa shape index (κ3) is 2.81. The monoisotopic (exact) mass is 327 g/mol. The lowest BCUT2D eigenvalue weighted by atomic mass is 9.90. The minimum atomic E-state index is -3.45. The molecule has 2 heterocycles. The molecule has 2 fully saturated rings. The maximum Gasteiger partial charge on any atom is 0.252 e. The standard InChI is InChI=1S/C15H21NO3S2/c1-11-8-9-15(20-11)21(18,19)16-10-3-2-6-13(16)12-5-4-7-14(12)17/h8-9,12-13H,2-7,10H2,1H3. The van der Waals surface area contributed by atoms with Crippen LogP contribution in [0.2, 0.25) is 0 Å². The third-order valence-electron chi connectivity index (χ3n) is 4.59. The first-order valence-electron chi connectivity index (χ1n) is 7.61. The van der Waals surface area contributed by atoms with Crippen LogP contribution >= 0.6 is 11.3 Å². The van der Waals surface area contributed by atoms with Crippen molar-refractivity contribution in [3.05, 3.63) is 17.0 Å². The Hall–Kier alpha value is -0.720. The van der Waals surface area contributed by atoms with E-state index in [0.717, 1.165) is 37.0 Å². The smallest absolute Gasteiger partial charge is 0.252 e. The number of aryl methyl sites for hydroxylation is 1. The molecule has 0 spiro atoms. The van der Waals surface area contributed by atoms with Crippen molar-refractivity contribution in [2.24, 2.45) is 5.92 Å².